The number of rotatable bonds is 3. The Kier molecular flexibility index (Phi) is 4.29. The van der Waals surface area contributed by atoms with Crippen LogP contribution in [0.25, 0.3) is 0 Å². The first-order valence-corrected chi connectivity index (χ1v) is 7.04. The van der Waals surface area contributed by atoms with Gasteiger partial charge in [0.2, 0.25) is 0 Å². The van der Waals surface area contributed by atoms with Crippen LogP contribution < -0.4 is 0 Å². The summed E-state index contributed by atoms with van der Waals surface area (Å²) >= 11 is 0. The molecule has 3 nitrogen and oxygen atoms in total. The van der Waals surface area contributed by atoms with Crippen LogP contribution in [0.3, 0.4) is 0 Å². The molecule has 1 saturated heterocycles. The first-order valence-electron chi connectivity index (χ1n) is 7.04. The summed E-state index contributed by atoms with van der Waals surface area (Å²) < 4.78 is 5.92. The molecule has 0 aromatic heterocycles. The van der Waals surface area contributed by atoms with Crippen molar-refractivity contribution >= 4 is 0 Å². The number of aliphatic hydroxyl groups is 1. The molecule has 0 spiro atoms. The molecule has 0 bridgehead atoms. The molecular formula is C16H25NO2. The van der Waals surface area contributed by atoms with E-state index in [1.807, 2.05) is 30.3 Å². The van der Waals surface area contributed by atoms with E-state index in [0.717, 1.165) is 18.7 Å². The quantitative estimate of drug-likeness (QED) is 0.910. The van der Waals surface area contributed by atoms with Crippen LogP contribution in [0.15, 0.2) is 30.3 Å². The third kappa shape index (κ3) is 3.56. The topological polar surface area (TPSA) is 32.7 Å². The third-order valence-electron chi connectivity index (χ3n) is 3.77. The normalized spacial score (nSPS) is 26.9. The lowest BCUT2D eigenvalue weighted by Gasteiger charge is -2.45. The van der Waals surface area contributed by atoms with Crippen LogP contribution in [0, 0.1) is 0 Å². The van der Waals surface area contributed by atoms with Crippen molar-refractivity contribution in [1.82, 2.24) is 4.90 Å². The molecule has 106 valence electrons. The van der Waals surface area contributed by atoms with E-state index in [4.69, 9.17) is 4.74 Å². The molecule has 3 atom stereocenters. The zero-order valence-corrected chi connectivity index (χ0v) is 12.3. The minimum Gasteiger partial charge on any atom is -0.387 e. The lowest BCUT2D eigenvalue weighted by atomic mass is 9.98. The fourth-order valence-corrected chi connectivity index (χ4v) is 2.94. The Morgan fingerprint density at radius 3 is 2.53 bits per heavy atom. The van der Waals surface area contributed by atoms with Crippen LogP contribution in [0.5, 0.6) is 0 Å². The minimum absolute atomic E-state index is 0.0908. The SMILES string of the molecule is CC1CN(C(C)C(O)c2ccccc2)CC(C)(C)O1. The molecule has 0 saturated carbocycles. The average molecular weight is 263 g/mol. The van der Waals surface area contributed by atoms with Crippen LogP contribution in [0.2, 0.25) is 0 Å². The Hall–Kier alpha value is -0.900. The Bertz CT molecular complexity index is 404. The van der Waals surface area contributed by atoms with Crippen molar-refractivity contribution in [3.05, 3.63) is 35.9 Å². The second kappa shape index (κ2) is 5.61. The van der Waals surface area contributed by atoms with E-state index in [1.54, 1.807) is 0 Å². The molecule has 1 aliphatic heterocycles. The number of aliphatic hydroxyl groups excluding tert-OH is 1. The molecule has 1 aliphatic rings. The van der Waals surface area contributed by atoms with Gasteiger partial charge in [-0.2, -0.15) is 0 Å². The van der Waals surface area contributed by atoms with Crippen LogP contribution >= 0.6 is 0 Å². The first-order chi connectivity index (χ1) is 8.89. The fourth-order valence-electron chi connectivity index (χ4n) is 2.94. The molecule has 2 rings (SSSR count). The zero-order chi connectivity index (χ0) is 14.0. The maximum atomic E-state index is 10.5. The zero-order valence-electron chi connectivity index (χ0n) is 12.3. The first kappa shape index (κ1) is 14.5. The van der Waals surface area contributed by atoms with E-state index >= 15 is 0 Å². The summed E-state index contributed by atoms with van der Waals surface area (Å²) in [6, 6.07) is 9.97. The minimum atomic E-state index is -0.456. The maximum absolute atomic E-state index is 10.5. The van der Waals surface area contributed by atoms with Gasteiger partial charge in [0.25, 0.3) is 0 Å². The molecule has 1 aromatic rings. The number of morpholine rings is 1. The van der Waals surface area contributed by atoms with Gasteiger partial charge in [0.1, 0.15) is 0 Å². The Balaban J connectivity index is 2.09. The van der Waals surface area contributed by atoms with Crippen molar-refractivity contribution in [3.63, 3.8) is 0 Å². The highest BCUT2D eigenvalue weighted by molar-refractivity contribution is 5.18. The summed E-state index contributed by atoms with van der Waals surface area (Å²) in [7, 11) is 0. The average Bonchev–Trinajstić information content (AvgIpc) is 2.35. The summed E-state index contributed by atoms with van der Waals surface area (Å²) in [5.41, 5.74) is 0.828. The van der Waals surface area contributed by atoms with E-state index < -0.39 is 6.10 Å². The van der Waals surface area contributed by atoms with Crippen LogP contribution in [-0.2, 0) is 4.74 Å². The molecule has 1 N–H and O–H groups in total. The summed E-state index contributed by atoms with van der Waals surface area (Å²) in [4.78, 5) is 2.33. The summed E-state index contributed by atoms with van der Waals surface area (Å²) in [5.74, 6) is 0. The lowest BCUT2D eigenvalue weighted by molar-refractivity contribution is -0.145. The van der Waals surface area contributed by atoms with Crippen molar-refractivity contribution in [1.29, 1.82) is 0 Å². The second-order valence-corrected chi connectivity index (χ2v) is 6.21. The molecular weight excluding hydrogens is 238 g/mol. The number of ether oxygens (including phenoxy) is 1. The van der Waals surface area contributed by atoms with E-state index in [1.165, 1.54) is 0 Å². The largest absolute Gasteiger partial charge is 0.387 e. The molecule has 1 fully saturated rings. The van der Waals surface area contributed by atoms with Crippen molar-refractivity contribution in [2.24, 2.45) is 0 Å². The molecule has 1 aromatic carbocycles. The van der Waals surface area contributed by atoms with E-state index in [-0.39, 0.29) is 17.7 Å². The molecule has 3 heteroatoms. The highest BCUT2D eigenvalue weighted by atomic mass is 16.5. The number of hydrogen-bond donors (Lipinski definition) is 1. The van der Waals surface area contributed by atoms with Crippen LogP contribution in [0.4, 0.5) is 0 Å². The Labute approximate surface area is 116 Å². The van der Waals surface area contributed by atoms with Gasteiger partial charge in [-0.1, -0.05) is 30.3 Å². The van der Waals surface area contributed by atoms with Gasteiger partial charge in [-0.15, -0.1) is 0 Å². The van der Waals surface area contributed by atoms with E-state index in [0.29, 0.717) is 0 Å². The molecule has 1 heterocycles. The number of nitrogens with zero attached hydrogens (tertiary/aromatic N) is 1. The van der Waals surface area contributed by atoms with Gasteiger partial charge in [-0.3, -0.25) is 4.90 Å². The lowest BCUT2D eigenvalue weighted by Crippen LogP contribution is -2.55. The summed E-state index contributed by atoms with van der Waals surface area (Å²) in [5, 5.41) is 10.5. The smallest absolute Gasteiger partial charge is 0.0942 e. The van der Waals surface area contributed by atoms with E-state index in [2.05, 4.69) is 32.6 Å². The molecule has 0 radical (unpaired) electrons. The highest BCUT2D eigenvalue weighted by Gasteiger charge is 2.35. The van der Waals surface area contributed by atoms with Gasteiger partial charge in [0, 0.05) is 19.1 Å². The Morgan fingerprint density at radius 2 is 1.95 bits per heavy atom. The highest BCUT2D eigenvalue weighted by Crippen LogP contribution is 2.27. The summed E-state index contributed by atoms with van der Waals surface area (Å²) in [6.07, 6.45) is -0.253. The van der Waals surface area contributed by atoms with Gasteiger partial charge in [-0.25, -0.2) is 0 Å². The molecule has 19 heavy (non-hydrogen) atoms. The fraction of sp³-hybridized carbons (Fsp3) is 0.625. The van der Waals surface area contributed by atoms with Crippen molar-refractivity contribution in [2.75, 3.05) is 13.1 Å². The van der Waals surface area contributed by atoms with Crippen molar-refractivity contribution < 1.29 is 9.84 Å². The van der Waals surface area contributed by atoms with Gasteiger partial charge in [0.15, 0.2) is 0 Å². The van der Waals surface area contributed by atoms with E-state index in [9.17, 15) is 5.11 Å². The predicted octanol–water partition coefficient (Wildman–Crippen LogP) is 2.61. The number of benzene rings is 1. The Morgan fingerprint density at radius 1 is 1.32 bits per heavy atom. The second-order valence-electron chi connectivity index (χ2n) is 6.21. The van der Waals surface area contributed by atoms with Gasteiger partial charge in [0.05, 0.1) is 17.8 Å². The number of hydrogen-bond acceptors (Lipinski definition) is 3. The van der Waals surface area contributed by atoms with Gasteiger partial charge in [-0.05, 0) is 33.3 Å². The predicted molar refractivity (Wildman–Crippen MR) is 77.1 cm³/mol. The van der Waals surface area contributed by atoms with Crippen molar-refractivity contribution in [2.45, 2.75) is 51.5 Å². The summed E-state index contributed by atoms with van der Waals surface area (Å²) in [6.45, 7) is 10.1. The van der Waals surface area contributed by atoms with Gasteiger partial charge < -0.3 is 9.84 Å². The monoisotopic (exact) mass is 263 g/mol. The maximum Gasteiger partial charge on any atom is 0.0942 e. The molecule has 3 unspecified atom stereocenters. The van der Waals surface area contributed by atoms with Crippen LogP contribution in [0.1, 0.15) is 39.4 Å². The van der Waals surface area contributed by atoms with Crippen molar-refractivity contribution in [3.8, 4) is 0 Å². The third-order valence-corrected chi connectivity index (χ3v) is 3.77. The van der Waals surface area contributed by atoms with Crippen LogP contribution in [-0.4, -0.2) is 40.8 Å². The molecule has 0 amide bonds. The van der Waals surface area contributed by atoms with Gasteiger partial charge >= 0.3 is 0 Å². The molecule has 0 aliphatic carbocycles. The standard InChI is InChI=1S/C16H25NO2/c1-12-10-17(11-16(3,4)19-12)13(2)15(18)14-8-6-5-7-9-14/h5-9,12-13,15,18H,10-11H2,1-4H3.